The molecule has 0 radical (unpaired) electrons. The van der Waals surface area contributed by atoms with Crippen molar-refractivity contribution in [2.24, 2.45) is 0 Å². The second-order valence-corrected chi connectivity index (χ2v) is 5.06. The summed E-state index contributed by atoms with van der Waals surface area (Å²) in [5.41, 5.74) is 0. The van der Waals surface area contributed by atoms with Gasteiger partial charge in [-0.05, 0) is 13.8 Å². The minimum absolute atomic E-state index is 0. The maximum Gasteiger partial charge on any atom is 0.145 e. The summed E-state index contributed by atoms with van der Waals surface area (Å²) >= 11 is 0. The number of ether oxygens (including phenoxy) is 10. The molecular weight excluding hydrogens is 552 g/mol. The van der Waals surface area contributed by atoms with E-state index in [9.17, 15) is 9.59 Å². The summed E-state index contributed by atoms with van der Waals surface area (Å²) in [5.74, 6) is -0.125. The molecule has 0 bridgehead atoms. The maximum absolute atomic E-state index is 10.0. The SMILES string of the molecule is C.C.C.C.C.C.C.C.C.C.CC(=O)CC(C)=O.COCOC.COCOC.COCOC.COCOC.COCOC. The fraction of sp³-hybridized carbons (Fsp3) is 0.933. The van der Waals surface area contributed by atoms with E-state index in [2.05, 4.69) is 47.4 Å². The molecule has 12 nitrogen and oxygen atoms in total. The maximum atomic E-state index is 10.0. The first-order valence-corrected chi connectivity index (χ1v) is 9.08. The first-order chi connectivity index (χ1) is 15.2. The Balaban J connectivity index is -0.0000000132. The molecule has 0 saturated carbocycles. The highest BCUT2D eigenvalue weighted by molar-refractivity contribution is 5.96. The van der Waals surface area contributed by atoms with Crippen molar-refractivity contribution in [3.05, 3.63) is 0 Å². The Bertz CT molecular complexity index is 241. The van der Waals surface area contributed by atoms with Crippen LogP contribution in [0, 0.1) is 0 Å². The zero-order valence-electron chi connectivity index (χ0n) is 22.1. The molecule has 0 aromatic heterocycles. The fourth-order valence-corrected chi connectivity index (χ4v) is 0.940. The van der Waals surface area contributed by atoms with Crippen molar-refractivity contribution in [3.8, 4) is 0 Å². The van der Waals surface area contributed by atoms with E-state index in [1.54, 1.807) is 71.1 Å². The van der Waals surface area contributed by atoms with Gasteiger partial charge in [0.15, 0.2) is 0 Å². The minimum Gasteiger partial charge on any atom is -0.359 e. The van der Waals surface area contributed by atoms with E-state index in [-0.39, 0.29) is 92.3 Å². The zero-order valence-corrected chi connectivity index (χ0v) is 22.1. The Morgan fingerprint density at radius 1 is 0.310 bits per heavy atom. The van der Waals surface area contributed by atoms with Crippen LogP contribution in [0.3, 0.4) is 0 Å². The standard InChI is InChI=1S/C5H8O2.5C3H8O2.10CH4/c1-4(6)3-5(2)7;5*1-4-3-5-2;;;;;;;;;;/h3H2,1-2H3;5*3H2,1-2H3;10*1H4. The molecular formula is C30H88O12. The Labute approximate surface area is 268 Å². The summed E-state index contributed by atoms with van der Waals surface area (Å²) in [4.78, 5) is 20.1. The molecule has 0 N–H and O–H groups in total. The quantitative estimate of drug-likeness (QED) is 0.151. The van der Waals surface area contributed by atoms with Gasteiger partial charge in [0.25, 0.3) is 0 Å². The lowest BCUT2D eigenvalue weighted by molar-refractivity contribution is -0.124. The van der Waals surface area contributed by atoms with Gasteiger partial charge < -0.3 is 47.4 Å². The van der Waals surface area contributed by atoms with Gasteiger partial charge in [-0.25, -0.2) is 0 Å². The van der Waals surface area contributed by atoms with Crippen LogP contribution in [0.4, 0.5) is 0 Å². The first kappa shape index (κ1) is 105. The summed E-state index contributed by atoms with van der Waals surface area (Å²) in [5, 5.41) is 0. The van der Waals surface area contributed by atoms with Crippen LogP contribution in [-0.4, -0.2) is 117 Å². The van der Waals surface area contributed by atoms with Crippen molar-refractivity contribution in [1.82, 2.24) is 0 Å². The minimum atomic E-state index is -0.0625. The summed E-state index contributed by atoms with van der Waals surface area (Å²) < 4.78 is 44.7. The van der Waals surface area contributed by atoms with E-state index in [1.165, 1.54) is 13.8 Å². The second-order valence-electron chi connectivity index (χ2n) is 5.06. The van der Waals surface area contributed by atoms with Crippen LogP contribution < -0.4 is 0 Å². The van der Waals surface area contributed by atoms with Crippen molar-refractivity contribution in [3.63, 3.8) is 0 Å². The molecule has 42 heavy (non-hydrogen) atoms. The Hall–Kier alpha value is -1.06. The largest absolute Gasteiger partial charge is 0.359 e. The highest BCUT2D eigenvalue weighted by Gasteiger charge is 1.94. The molecule has 0 spiro atoms. The Morgan fingerprint density at radius 3 is 0.405 bits per heavy atom. The van der Waals surface area contributed by atoms with Crippen LogP contribution in [0.5, 0.6) is 0 Å². The van der Waals surface area contributed by atoms with Crippen LogP contribution in [0.25, 0.3) is 0 Å². The summed E-state index contributed by atoms with van der Waals surface area (Å²) in [6.07, 6.45) is 0.0833. The Morgan fingerprint density at radius 2 is 0.405 bits per heavy atom. The van der Waals surface area contributed by atoms with Crippen molar-refractivity contribution in [2.45, 2.75) is 94.5 Å². The first-order valence-electron chi connectivity index (χ1n) is 9.08. The van der Waals surface area contributed by atoms with Gasteiger partial charge in [0.1, 0.15) is 45.5 Å². The van der Waals surface area contributed by atoms with Crippen molar-refractivity contribution in [1.29, 1.82) is 0 Å². The molecule has 0 fully saturated rings. The van der Waals surface area contributed by atoms with Crippen LogP contribution in [0.2, 0.25) is 0 Å². The van der Waals surface area contributed by atoms with Crippen LogP contribution >= 0.6 is 0 Å². The normalized spacial score (nSPS) is 6.38. The molecule has 0 saturated heterocycles. The molecule has 280 valence electrons. The fourth-order valence-electron chi connectivity index (χ4n) is 0.940. The van der Waals surface area contributed by atoms with Gasteiger partial charge in [-0.2, -0.15) is 0 Å². The number of rotatable bonds is 12. The monoisotopic (exact) mass is 641 g/mol. The molecule has 0 heterocycles. The summed E-state index contributed by atoms with van der Waals surface area (Å²) in [6, 6.07) is 0. The Kier molecular flexibility index (Phi) is 345. The average molecular weight is 641 g/mol. The smallest absolute Gasteiger partial charge is 0.145 e. The predicted octanol–water partition coefficient (Wildman–Crippen LogP) is 8.10. The summed E-state index contributed by atoms with van der Waals surface area (Å²) in [7, 11) is 15.9. The molecule has 0 unspecified atom stereocenters. The van der Waals surface area contributed by atoms with E-state index in [0.717, 1.165) is 0 Å². The van der Waals surface area contributed by atoms with Crippen LogP contribution in [0.15, 0.2) is 0 Å². The van der Waals surface area contributed by atoms with Crippen LogP contribution in [-0.2, 0) is 57.0 Å². The zero-order chi connectivity index (χ0) is 26.5. The van der Waals surface area contributed by atoms with Gasteiger partial charge in [-0.1, -0.05) is 74.3 Å². The molecule has 0 aliphatic rings. The number of carbonyl (C=O) groups excluding carboxylic acids is 2. The predicted molar refractivity (Wildman–Crippen MR) is 188 cm³/mol. The number of hydrogen-bond donors (Lipinski definition) is 0. The van der Waals surface area contributed by atoms with Gasteiger partial charge in [0, 0.05) is 71.1 Å². The molecule has 0 aromatic carbocycles. The molecule has 0 aliphatic carbocycles. The molecule has 0 aromatic rings. The molecule has 12 heteroatoms. The lowest BCUT2D eigenvalue weighted by atomic mass is 10.2. The summed E-state index contributed by atoms with van der Waals surface area (Å²) in [6.45, 7) is 4.75. The number of Topliss-reactive ketones (excluding diaryl/α,β-unsaturated/α-hetero) is 2. The highest BCUT2D eigenvalue weighted by atomic mass is 16.7. The average Bonchev–Trinajstić information content (AvgIpc) is 2.72. The third kappa shape index (κ3) is 335. The van der Waals surface area contributed by atoms with Gasteiger partial charge in [-0.15, -0.1) is 0 Å². The van der Waals surface area contributed by atoms with Crippen molar-refractivity contribution in [2.75, 3.05) is 105 Å². The van der Waals surface area contributed by atoms with Gasteiger partial charge >= 0.3 is 0 Å². The van der Waals surface area contributed by atoms with Gasteiger partial charge in [-0.3, -0.25) is 9.59 Å². The number of ketones is 2. The van der Waals surface area contributed by atoms with E-state index >= 15 is 0 Å². The van der Waals surface area contributed by atoms with E-state index in [0.29, 0.717) is 34.0 Å². The molecule has 0 aliphatic heterocycles. The van der Waals surface area contributed by atoms with Gasteiger partial charge in [0.2, 0.25) is 0 Å². The van der Waals surface area contributed by atoms with E-state index < -0.39 is 0 Å². The van der Waals surface area contributed by atoms with Gasteiger partial charge in [0.05, 0.1) is 6.42 Å². The lowest BCUT2D eigenvalue weighted by Crippen LogP contribution is -1.97. The number of methoxy groups -OCH3 is 10. The topological polar surface area (TPSA) is 126 Å². The van der Waals surface area contributed by atoms with E-state index in [4.69, 9.17) is 0 Å². The third-order valence-electron chi connectivity index (χ3n) is 1.68. The molecule has 0 atom stereocenters. The number of carbonyl (C=O) groups is 2. The molecule has 0 amide bonds. The second kappa shape index (κ2) is 138. The molecule has 0 rings (SSSR count). The lowest BCUT2D eigenvalue weighted by Gasteiger charge is -1.87. The van der Waals surface area contributed by atoms with Crippen LogP contribution in [0.1, 0.15) is 94.5 Å². The third-order valence-corrected chi connectivity index (χ3v) is 1.68. The van der Waals surface area contributed by atoms with Crippen molar-refractivity contribution < 1.29 is 57.0 Å². The highest BCUT2D eigenvalue weighted by Crippen LogP contribution is 1.80. The van der Waals surface area contributed by atoms with Crippen molar-refractivity contribution >= 4 is 11.6 Å². The van der Waals surface area contributed by atoms with E-state index in [1.807, 2.05) is 0 Å². The number of hydrogen-bond acceptors (Lipinski definition) is 12.